The summed E-state index contributed by atoms with van der Waals surface area (Å²) in [6.45, 7) is 2.27. The van der Waals surface area contributed by atoms with E-state index in [2.05, 4.69) is 12.3 Å². The van der Waals surface area contributed by atoms with Gasteiger partial charge in [0.2, 0.25) is 0 Å². The first kappa shape index (κ1) is 15.5. The molecule has 1 aliphatic carbocycles. The molecule has 0 heterocycles. The van der Waals surface area contributed by atoms with Crippen molar-refractivity contribution >= 4 is 0 Å². The van der Waals surface area contributed by atoms with E-state index in [-0.39, 0.29) is 5.82 Å². The number of benzene rings is 1. The van der Waals surface area contributed by atoms with Gasteiger partial charge in [-0.15, -0.1) is 0 Å². The molecule has 1 aromatic carbocycles. The summed E-state index contributed by atoms with van der Waals surface area (Å²) in [5, 5.41) is 0. The minimum absolute atomic E-state index is 0.175. The predicted octanol–water partition coefficient (Wildman–Crippen LogP) is 3.81. The minimum Gasteiger partial charge on any atom is -0.271 e. The van der Waals surface area contributed by atoms with Gasteiger partial charge in [-0.25, -0.2) is 4.39 Å². The zero-order chi connectivity index (χ0) is 14.4. The summed E-state index contributed by atoms with van der Waals surface area (Å²) in [5.41, 5.74) is 4.15. The number of nitrogens with two attached hydrogens (primary N) is 1. The van der Waals surface area contributed by atoms with Crippen molar-refractivity contribution in [2.75, 3.05) is 0 Å². The summed E-state index contributed by atoms with van der Waals surface area (Å²) < 4.78 is 12.9. The Hall–Kier alpha value is -0.930. The van der Waals surface area contributed by atoms with Crippen molar-refractivity contribution in [2.24, 2.45) is 17.7 Å². The lowest BCUT2D eigenvalue weighted by molar-refractivity contribution is 0.213. The van der Waals surface area contributed by atoms with Crippen LogP contribution in [0.2, 0.25) is 0 Å². The Morgan fingerprint density at radius 3 is 2.40 bits per heavy atom. The lowest BCUT2D eigenvalue weighted by atomic mass is 9.76. The minimum atomic E-state index is -0.175. The second-order valence-electron chi connectivity index (χ2n) is 6.17. The molecule has 0 aromatic heterocycles. The topological polar surface area (TPSA) is 38.0 Å². The summed E-state index contributed by atoms with van der Waals surface area (Å²) in [6, 6.07) is 7.09. The van der Waals surface area contributed by atoms with Gasteiger partial charge in [-0.3, -0.25) is 11.3 Å². The van der Waals surface area contributed by atoms with E-state index in [1.807, 2.05) is 12.1 Å². The van der Waals surface area contributed by atoms with Gasteiger partial charge in [-0.05, 0) is 48.8 Å². The maximum atomic E-state index is 12.9. The maximum Gasteiger partial charge on any atom is 0.123 e. The van der Waals surface area contributed by atoms with Gasteiger partial charge in [0.15, 0.2) is 0 Å². The van der Waals surface area contributed by atoms with Crippen LogP contribution in [0.1, 0.15) is 51.0 Å². The number of rotatable bonds is 6. The Bertz CT molecular complexity index is 382. The number of halogens is 1. The standard InChI is InChI=1S/C17H27FN2/c1-2-3-13-4-8-15(9-5-13)17(20-19)12-14-6-10-16(18)11-7-14/h6-7,10-11,13,15,17,20H,2-5,8-9,12,19H2,1H3. The molecule has 0 saturated heterocycles. The molecule has 1 saturated carbocycles. The highest BCUT2D eigenvalue weighted by molar-refractivity contribution is 5.17. The van der Waals surface area contributed by atoms with Crippen LogP contribution < -0.4 is 11.3 Å². The number of nitrogens with one attached hydrogen (secondary N) is 1. The highest BCUT2D eigenvalue weighted by atomic mass is 19.1. The quantitative estimate of drug-likeness (QED) is 0.613. The van der Waals surface area contributed by atoms with E-state index in [4.69, 9.17) is 5.84 Å². The zero-order valence-electron chi connectivity index (χ0n) is 12.4. The maximum absolute atomic E-state index is 12.9. The van der Waals surface area contributed by atoms with Gasteiger partial charge in [-0.2, -0.15) is 0 Å². The molecule has 112 valence electrons. The largest absolute Gasteiger partial charge is 0.271 e. The molecule has 1 atom stereocenters. The first-order valence-electron chi connectivity index (χ1n) is 7.93. The number of hydrogen-bond donors (Lipinski definition) is 2. The molecule has 3 heteroatoms. The van der Waals surface area contributed by atoms with Gasteiger partial charge in [0, 0.05) is 6.04 Å². The summed E-state index contributed by atoms with van der Waals surface area (Å²) in [5.74, 6) is 7.14. The van der Waals surface area contributed by atoms with E-state index < -0.39 is 0 Å². The Labute approximate surface area is 121 Å². The first-order chi connectivity index (χ1) is 9.72. The fraction of sp³-hybridized carbons (Fsp3) is 0.647. The molecule has 0 aliphatic heterocycles. The van der Waals surface area contributed by atoms with Gasteiger partial charge in [-0.1, -0.05) is 44.7 Å². The summed E-state index contributed by atoms with van der Waals surface area (Å²) >= 11 is 0. The lowest BCUT2D eigenvalue weighted by Crippen LogP contribution is -2.43. The summed E-state index contributed by atoms with van der Waals surface area (Å²) in [6.07, 6.45) is 8.75. The van der Waals surface area contributed by atoms with Gasteiger partial charge >= 0.3 is 0 Å². The average Bonchev–Trinajstić information content (AvgIpc) is 2.48. The fourth-order valence-electron chi connectivity index (χ4n) is 3.52. The molecule has 1 aromatic rings. The second-order valence-corrected chi connectivity index (χ2v) is 6.17. The molecular weight excluding hydrogens is 251 g/mol. The molecule has 0 bridgehead atoms. The smallest absolute Gasteiger partial charge is 0.123 e. The van der Waals surface area contributed by atoms with Gasteiger partial charge in [0.25, 0.3) is 0 Å². The van der Waals surface area contributed by atoms with Crippen LogP contribution in [0.3, 0.4) is 0 Å². The SMILES string of the molecule is CCCC1CCC(C(Cc2ccc(F)cc2)NN)CC1. The van der Waals surface area contributed by atoms with E-state index in [0.717, 1.165) is 17.9 Å². The normalized spacial score (nSPS) is 24.6. The molecular formula is C17H27FN2. The van der Waals surface area contributed by atoms with Crippen molar-refractivity contribution in [3.63, 3.8) is 0 Å². The zero-order valence-corrected chi connectivity index (χ0v) is 12.4. The molecule has 1 fully saturated rings. The molecule has 0 spiro atoms. The molecule has 0 amide bonds. The van der Waals surface area contributed by atoms with Crippen LogP contribution in [0.4, 0.5) is 4.39 Å². The van der Waals surface area contributed by atoms with E-state index in [0.29, 0.717) is 12.0 Å². The molecule has 0 radical (unpaired) electrons. The Morgan fingerprint density at radius 2 is 1.85 bits per heavy atom. The van der Waals surface area contributed by atoms with Crippen LogP contribution >= 0.6 is 0 Å². The predicted molar refractivity (Wildman–Crippen MR) is 81.6 cm³/mol. The fourth-order valence-corrected chi connectivity index (χ4v) is 3.52. The Kier molecular flexibility index (Phi) is 5.99. The Balaban J connectivity index is 1.87. The van der Waals surface area contributed by atoms with Crippen LogP contribution in [0.5, 0.6) is 0 Å². The molecule has 1 aliphatic rings. The molecule has 2 nitrogen and oxygen atoms in total. The van der Waals surface area contributed by atoms with Crippen LogP contribution in [0.15, 0.2) is 24.3 Å². The van der Waals surface area contributed by atoms with E-state index in [9.17, 15) is 4.39 Å². The number of hydrazine groups is 1. The van der Waals surface area contributed by atoms with Gasteiger partial charge in [0.1, 0.15) is 5.82 Å². The molecule has 1 unspecified atom stereocenters. The number of hydrogen-bond acceptors (Lipinski definition) is 2. The Morgan fingerprint density at radius 1 is 1.20 bits per heavy atom. The van der Waals surface area contributed by atoms with E-state index in [1.165, 1.54) is 50.7 Å². The average molecular weight is 278 g/mol. The lowest BCUT2D eigenvalue weighted by Gasteiger charge is -2.33. The van der Waals surface area contributed by atoms with Crippen LogP contribution in [0, 0.1) is 17.7 Å². The van der Waals surface area contributed by atoms with Crippen molar-refractivity contribution in [3.8, 4) is 0 Å². The van der Waals surface area contributed by atoms with Crippen LogP contribution in [-0.4, -0.2) is 6.04 Å². The monoisotopic (exact) mass is 278 g/mol. The van der Waals surface area contributed by atoms with Crippen molar-refractivity contribution in [2.45, 2.75) is 57.9 Å². The van der Waals surface area contributed by atoms with E-state index >= 15 is 0 Å². The highest BCUT2D eigenvalue weighted by Gasteiger charge is 2.26. The first-order valence-corrected chi connectivity index (χ1v) is 7.93. The van der Waals surface area contributed by atoms with Crippen molar-refractivity contribution in [3.05, 3.63) is 35.6 Å². The highest BCUT2D eigenvalue weighted by Crippen LogP contribution is 2.33. The van der Waals surface area contributed by atoms with Crippen molar-refractivity contribution < 1.29 is 4.39 Å². The second kappa shape index (κ2) is 7.75. The third-order valence-corrected chi connectivity index (χ3v) is 4.74. The van der Waals surface area contributed by atoms with Crippen molar-refractivity contribution in [1.29, 1.82) is 0 Å². The van der Waals surface area contributed by atoms with Crippen LogP contribution in [0.25, 0.3) is 0 Å². The molecule has 2 rings (SSSR count). The summed E-state index contributed by atoms with van der Waals surface area (Å²) in [4.78, 5) is 0. The third kappa shape index (κ3) is 4.29. The van der Waals surface area contributed by atoms with Gasteiger partial charge < -0.3 is 0 Å². The molecule has 20 heavy (non-hydrogen) atoms. The van der Waals surface area contributed by atoms with Crippen LogP contribution in [-0.2, 0) is 6.42 Å². The summed E-state index contributed by atoms with van der Waals surface area (Å²) in [7, 11) is 0. The third-order valence-electron chi connectivity index (χ3n) is 4.74. The van der Waals surface area contributed by atoms with Gasteiger partial charge in [0.05, 0.1) is 0 Å². The molecule has 3 N–H and O–H groups in total. The van der Waals surface area contributed by atoms with E-state index in [1.54, 1.807) is 0 Å². The van der Waals surface area contributed by atoms with Crippen molar-refractivity contribution in [1.82, 2.24) is 5.43 Å².